The van der Waals surface area contributed by atoms with Crippen molar-refractivity contribution in [3.8, 4) is 0 Å². The molecule has 5 nitrogen and oxygen atoms in total. The summed E-state index contributed by atoms with van der Waals surface area (Å²) in [5, 5.41) is 4.52. The molecule has 6 heteroatoms. The van der Waals surface area contributed by atoms with Crippen LogP contribution in [0, 0.1) is 0 Å². The molecule has 0 aromatic carbocycles. The molecule has 0 aliphatic carbocycles. The number of aryl methyl sites for hydroxylation is 1. The molecule has 2 aromatic heterocycles. The van der Waals surface area contributed by atoms with Crippen LogP contribution in [0.5, 0.6) is 0 Å². The lowest BCUT2D eigenvalue weighted by Gasteiger charge is -2.22. The molecule has 1 amide bonds. The summed E-state index contributed by atoms with van der Waals surface area (Å²) in [5.74, 6) is 0.683. The van der Waals surface area contributed by atoms with Gasteiger partial charge in [-0.1, -0.05) is 11.6 Å². The predicted octanol–water partition coefficient (Wildman–Crippen LogP) is 2.64. The average Bonchev–Trinajstić information content (AvgIpc) is 3.06. The Morgan fingerprint density at radius 2 is 2.42 bits per heavy atom. The Morgan fingerprint density at radius 3 is 3.05 bits per heavy atom. The second-order valence-electron chi connectivity index (χ2n) is 4.67. The number of halogens is 1. The van der Waals surface area contributed by atoms with Gasteiger partial charge in [-0.3, -0.25) is 9.48 Å². The van der Waals surface area contributed by atoms with Gasteiger partial charge in [-0.15, -0.1) is 0 Å². The van der Waals surface area contributed by atoms with Gasteiger partial charge in [0.25, 0.3) is 5.91 Å². The number of nitrogens with zero attached hydrogens (tertiary/aromatic N) is 3. The fourth-order valence-corrected chi connectivity index (χ4v) is 2.79. The van der Waals surface area contributed by atoms with Crippen LogP contribution in [0.1, 0.15) is 35.1 Å². The molecule has 2 aromatic rings. The van der Waals surface area contributed by atoms with Gasteiger partial charge in [0, 0.05) is 19.8 Å². The smallest absolute Gasteiger partial charge is 0.276 e. The average molecular weight is 280 g/mol. The zero-order valence-electron chi connectivity index (χ0n) is 10.5. The van der Waals surface area contributed by atoms with Crippen LogP contribution < -0.4 is 0 Å². The molecule has 0 radical (unpaired) electrons. The number of carbonyl (C=O) groups excluding carboxylic acids is 1. The minimum Gasteiger partial charge on any atom is -0.467 e. The Hall–Kier alpha value is -1.75. The van der Waals surface area contributed by atoms with Gasteiger partial charge in [0.15, 0.2) is 5.69 Å². The standard InChI is InChI=1S/C13H14ClN3O2/c1-16-8-9(14)12(15-16)13(18)17-6-2-4-10(17)11-5-3-7-19-11/h3,5,7-8,10H,2,4,6H2,1H3/t10-/m0/s1. The summed E-state index contributed by atoms with van der Waals surface area (Å²) in [7, 11) is 1.75. The van der Waals surface area contributed by atoms with Crippen molar-refractivity contribution in [1.82, 2.24) is 14.7 Å². The van der Waals surface area contributed by atoms with Crippen molar-refractivity contribution in [2.45, 2.75) is 18.9 Å². The zero-order chi connectivity index (χ0) is 13.4. The molecule has 3 heterocycles. The summed E-state index contributed by atoms with van der Waals surface area (Å²) >= 11 is 6.04. The molecular formula is C13H14ClN3O2. The first kappa shape index (κ1) is 12.3. The van der Waals surface area contributed by atoms with Gasteiger partial charge in [-0.25, -0.2) is 0 Å². The maximum Gasteiger partial charge on any atom is 0.276 e. The molecule has 1 saturated heterocycles. The van der Waals surface area contributed by atoms with E-state index in [1.807, 2.05) is 12.1 Å². The summed E-state index contributed by atoms with van der Waals surface area (Å²) < 4.78 is 6.97. The highest BCUT2D eigenvalue weighted by Crippen LogP contribution is 2.33. The molecule has 0 N–H and O–H groups in total. The maximum absolute atomic E-state index is 12.5. The van der Waals surface area contributed by atoms with E-state index in [1.54, 1.807) is 29.1 Å². The Bertz CT molecular complexity index is 591. The molecule has 0 bridgehead atoms. The van der Waals surface area contributed by atoms with Crippen molar-refractivity contribution >= 4 is 17.5 Å². The van der Waals surface area contributed by atoms with Crippen LogP contribution in [0.3, 0.4) is 0 Å². The van der Waals surface area contributed by atoms with Crippen LogP contribution in [0.25, 0.3) is 0 Å². The SMILES string of the molecule is Cn1cc(Cl)c(C(=O)N2CCC[C@H]2c2ccco2)n1. The summed E-state index contributed by atoms with van der Waals surface area (Å²) in [6, 6.07) is 3.72. The quantitative estimate of drug-likeness (QED) is 0.849. The second-order valence-corrected chi connectivity index (χ2v) is 5.08. The van der Waals surface area contributed by atoms with E-state index in [0.717, 1.165) is 18.6 Å². The Balaban J connectivity index is 1.89. The van der Waals surface area contributed by atoms with Gasteiger partial charge in [-0.05, 0) is 25.0 Å². The number of likely N-dealkylation sites (tertiary alicyclic amines) is 1. The highest BCUT2D eigenvalue weighted by Gasteiger charge is 2.34. The molecule has 0 unspecified atom stereocenters. The molecular weight excluding hydrogens is 266 g/mol. The monoisotopic (exact) mass is 279 g/mol. The fraction of sp³-hybridized carbons (Fsp3) is 0.385. The second kappa shape index (κ2) is 4.74. The summed E-state index contributed by atoms with van der Waals surface area (Å²) in [4.78, 5) is 14.3. The summed E-state index contributed by atoms with van der Waals surface area (Å²) in [6.45, 7) is 0.705. The van der Waals surface area contributed by atoms with Crippen LogP contribution in [0.2, 0.25) is 5.02 Å². The summed E-state index contributed by atoms with van der Waals surface area (Å²) in [5.41, 5.74) is 0.308. The molecule has 100 valence electrons. The molecule has 1 aliphatic rings. The van der Waals surface area contributed by atoms with E-state index in [0.29, 0.717) is 17.3 Å². The van der Waals surface area contributed by atoms with Crippen LogP contribution in [0.15, 0.2) is 29.0 Å². The Labute approximate surface area is 115 Å². The number of amides is 1. The zero-order valence-corrected chi connectivity index (χ0v) is 11.3. The number of carbonyl (C=O) groups is 1. The fourth-order valence-electron chi connectivity index (χ4n) is 2.53. The number of hydrogen-bond acceptors (Lipinski definition) is 3. The predicted molar refractivity (Wildman–Crippen MR) is 69.9 cm³/mol. The van der Waals surface area contributed by atoms with Crippen molar-refractivity contribution < 1.29 is 9.21 Å². The van der Waals surface area contributed by atoms with Gasteiger partial charge in [-0.2, -0.15) is 5.10 Å². The molecule has 0 spiro atoms. The van der Waals surface area contributed by atoms with Crippen LogP contribution in [-0.2, 0) is 7.05 Å². The first-order valence-corrected chi connectivity index (χ1v) is 6.58. The number of aromatic nitrogens is 2. The third-order valence-electron chi connectivity index (χ3n) is 3.37. The highest BCUT2D eigenvalue weighted by atomic mass is 35.5. The lowest BCUT2D eigenvalue weighted by Crippen LogP contribution is -2.31. The van der Waals surface area contributed by atoms with E-state index in [2.05, 4.69) is 5.10 Å². The van der Waals surface area contributed by atoms with Gasteiger partial charge < -0.3 is 9.32 Å². The normalized spacial score (nSPS) is 19.1. The van der Waals surface area contributed by atoms with Crippen LogP contribution >= 0.6 is 11.6 Å². The minimum atomic E-state index is -0.135. The van der Waals surface area contributed by atoms with E-state index in [9.17, 15) is 4.79 Å². The van der Waals surface area contributed by atoms with E-state index in [4.69, 9.17) is 16.0 Å². The molecule has 1 aliphatic heterocycles. The van der Waals surface area contributed by atoms with Crippen molar-refractivity contribution in [3.63, 3.8) is 0 Å². The van der Waals surface area contributed by atoms with Gasteiger partial charge >= 0.3 is 0 Å². The van der Waals surface area contributed by atoms with Crippen molar-refractivity contribution in [1.29, 1.82) is 0 Å². The largest absolute Gasteiger partial charge is 0.467 e. The first-order valence-electron chi connectivity index (χ1n) is 6.20. The van der Waals surface area contributed by atoms with Crippen molar-refractivity contribution in [3.05, 3.63) is 41.1 Å². The van der Waals surface area contributed by atoms with Crippen molar-refractivity contribution in [2.75, 3.05) is 6.54 Å². The van der Waals surface area contributed by atoms with E-state index < -0.39 is 0 Å². The first-order chi connectivity index (χ1) is 9.16. The molecule has 0 saturated carbocycles. The van der Waals surface area contributed by atoms with Gasteiger partial charge in [0.1, 0.15) is 5.76 Å². The Kier molecular flexibility index (Phi) is 3.06. The van der Waals surface area contributed by atoms with E-state index >= 15 is 0 Å². The van der Waals surface area contributed by atoms with Crippen LogP contribution in [-0.4, -0.2) is 27.1 Å². The molecule has 1 atom stereocenters. The minimum absolute atomic E-state index is 0.0134. The highest BCUT2D eigenvalue weighted by molar-refractivity contribution is 6.33. The molecule has 1 fully saturated rings. The lowest BCUT2D eigenvalue weighted by molar-refractivity contribution is 0.0713. The van der Waals surface area contributed by atoms with Gasteiger partial charge in [0.05, 0.1) is 17.3 Å². The molecule has 3 rings (SSSR count). The summed E-state index contributed by atoms with van der Waals surface area (Å²) in [6.07, 6.45) is 5.13. The van der Waals surface area contributed by atoms with E-state index in [1.165, 1.54) is 0 Å². The lowest BCUT2D eigenvalue weighted by atomic mass is 10.1. The van der Waals surface area contributed by atoms with E-state index in [-0.39, 0.29) is 11.9 Å². The number of rotatable bonds is 2. The number of hydrogen-bond donors (Lipinski definition) is 0. The third-order valence-corrected chi connectivity index (χ3v) is 3.65. The maximum atomic E-state index is 12.5. The molecule has 19 heavy (non-hydrogen) atoms. The van der Waals surface area contributed by atoms with Crippen LogP contribution in [0.4, 0.5) is 0 Å². The Morgan fingerprint density at radius 1 is 1.58 bits per heavy atom. The third kappa shape index (κ3) is 2.14. The van der Waals surface area contributed by atoms with Gasteiger partial charge in [0.2, 0.25) is 0 Å². The number of furan rings is 1. The van der Waals surface area contributed by atoms with Crippen molar-refractivity contribution in [2.24, 2.45) is 7.05 Å². The topological polar surface area (TPSA) is 51.3 Å².